The number of carbonyl (C=O) groups is 1. The van der Waals surface area contributed by atoms with E-state index in [9.17, 15) is 13.2 Å². The number of benzene rings is 3. The first-order chi connectivity index (χ1) is 19.4. The third-order valence-corrected chi connectivity index (χ3v) is 9.38. The first-order valence-corrected chi connectivity index (χ1v) is 15.5. The van der Waals surface area contributed by atoms with Crippen LogP contribution >= 0.6 is 0 Å². The van der Waals surface area contributed by atoms with Gasteiger partial charge in [0.15, 0.2) is 0 Å². The summed E-state index contributed by atoms with van der Waals surface area (Å²) >= 11 is 0. The van der Waals surface area contributed by atoms with Gasteiger partial charge in [0.05, 0.1) is 19.2 Å². The number of fused-ring (bicyclic) bond motifs is 1. The Balaban J connectivity index is 1.41. The van der Waals surface area contributed by atoms with Crippen molar-refractivity contribution in [2.45, 2.75) is 43.5 Å². The zero-order chi connectivity index (χ0) is 28.1. The number of piperazine rings is 1. The maximum Gasteiger partial charge on any atom is 0.243 e. The molecule has 1 saturated heterocycles. The van der Waals surface area contributed by atoms with Gasteiger partial charge in [0, 0.05) is 37.9 Å². The van der Waals surface area contributed by atoms with Gasteiger partial charge >= 0.3 is 0 Å². The molecule has 212 valence electrons. The molecule has 1 aliphatic heterocycles. The number of ether oxygens (including phenoxy) is 1. The number of likely N-dealkylation sites (N-methyl/N-ethyl adjacent to an activating group) is 1. The van der Waals surface area contributed by atoms with Gasteiger partial charge in [0.25, 0.3) is 0 Å². The lowest BCUT2D eigenvalue weighted by Crippen LogP contribution is -2.46. The molecule has 0 aromatic heterocycles. The van der Waals surface area contributed by atoms with Crippen molar-refractivity contribution >= 4 is 27.3 Å². The maximum atomic E-state index is 14.0. The summed E-state index contributed by atoms with van der Waals surface area (Å²) in [5.41, 5.74) is 4.20. The van der Waals surface area contributed by atoms with Gasteiger partial charge in [-0.15, -0.1) is 0 Å². The van der Waals surface area contributed by atoms with E-state index in [1.807, 2.05) is 48.5 Å². The summed E-state index contributed by atoms with van der Waals surface area (Å²) in [6, 6.07) is 20.3. The van der Waals surface area contributed by atoms with Gasteiger partial charge in [-0.1, -0.05) is 43.3 Å². The molecule has 2 N–H and O–H groups in total. The second kappa shape index (κ2) is 12.4. The van der Waals surface area contributed by atoms with E-state index < -0.39 is 10.0 Å². The average Bonchev–Trinajstić information content (AvgIpc) is 2.97. The quantitative estimate of drug-likeness (QED) is 0.403. The predicted molar refractivity (Wildman–Crippen MR) is 159 cm³/mol. The highest BCUT2D eigenvalue weighted by Gasteiger charge is 2.30. The highest BCUT2D eigenvalue weighted by Crippen LogP contribution is 2.34. The van der Waals surface area contributed by atoms with Crippen LogP contribution < -0.4 is 19.7 Å². The van der Waals surface area contributed by atoms with E-state index in [2.05, 4.69) is 32.8 Å². The fourth-order valence-electron chi connectivity index (χ4n) is 5.63. The third kappa shape index (κ3) is 6.49. The molecule has 1 aliphatic carbocycles. The van der Waals surface area contributed by atoms with Gasteiger partial charge in [-0.3, -0.25) is 4.79 Å². The molecule has 3 aromatic rings. The highest BCUT2D eigenvalue weighted by atomic mass is 32.2. The van der Waals surface area contributed by atoms with E-state index in [0.29, 0.717) is 11.4 Å². The van der Waals surface area contributed by atoms with Crippen molar-refractivity contribution < 1.29 is 17.9 Å². The number of carbonyl (C=O) groups excluding carboxylic acids is 1. The summed E-state index contributed by atoms with van der Waals surface area (Å²) in [6.45, 7) is 6.35. The molecule has 0 bridgehead atoms. The standard InChI is InChI=1S/C31H38N4O4S/c1-3-34-17-19-35(20-18-34)29-16-13-25(32-31(36)21-23-11-14-26(39-2)15-12-23)22-30(29)40(37,38)33-28-10-6-8-24-7-4-5-9-27(24)28/h4-5,7,9,11-16,22,28,33H,3,6,8,10,17-21H2,1-2H3,(H,32,36)/t28-/m1/s1. The Morgan fingerprint density at radius 2 is 1.75 bits per heavy atom. The van der Waals surface area contributed by atoms with Crippen LogP contribution in [-0.4, -0.2) is 59.1 Å². The minimum absolute atomic E-state index is 0.171. The second-order valence-corrected chi connectivity index (χ2v) is 12.1. The van der Waals surface area contributed by atoms with Gasteiger partial charge in [-0.05, 0) is 72.8 Å². The zero-order valence-electron chi connectivity index (χ0n) is 23.2. The van der Waals surface area contributed by atoms with Gasteiger partial charge < -0.3 is 19.9 Å². The fourth-order valence-corrected chi connectivity index (χ4v) is 7.14. The molecule has 5 rings (SSSR count). The third-order valence-electron chi connectivity index (χ3n) is 7.88. The Kier molecular flexibility index (Phi) is 8.73. The Morgan fingerprint density at radius 1 is 1.00 bits per heavy atom. The van der Waals surface area contributed by atoms with Crippen molar-refractivity contribution in [3.05, 3.63) is 83.4 Å². The smallest absolute Gasteiger partial charge is 0.243 e. The van der Waals surface area contributed by atoms with Crippen molar-refractivity contribution in [2.24, 2.45) is 0 Å². The van der Waals surface area contributed by atoms with E-state index in [1.165, 1.54) is 5.56 Å². The number of sulfonamides is 1. The monoisotopic (exact) mass is 562 g/mol. The molecule has 0 spiro atoms. The van der Waals surface area contributed by atoms with Crippen LogP contribution in [0.2, 0.25) is 0 Å². The molecular weight excluding hydrogens is 524 g/mol. The number of nitrogens with one attached hydrogen (secondary N) is 2. The van der Waals surface area contributed by atoms with Crippen LogP contribution in [0, 0.1) is 0 Å². The number of hydrogen-bond donors (Lipinski definition) is 2. The van der Waals surface area contributed by atoms with Crippen LogP contribution in [0.4, 0.5) is 11.4 Å². The largest absolute Gasteiger partial charge is 0.497 e. The van der Waals surface area contributed by atoms with Crippen LogP contribution in [0.5, 0.6) is 5.75 Å². The number of aryl methyl sites for hydroxylation is 1. The minimum atomic E-state index is -3.90. The fraction of sp³-hybridized carbons (Fsp3) is 0.387. The number of rotatable bonds is 9. The molecule has 1 amide bonds. The number of amides is 1. The molecule has 0 unspecified atom stereocenters. The number of nitrogens with zero attached hydrogens (tertiary/aromatic N) is 2. The van der Waals surface area contributed by atoms with Crippen molar-refractivity contribution in [3.8, 4) is 5.75 Å². The summed E-state index contributed by atoms with van der Waals surface area (Å²) in [6.07, 6.45) is 2.80. The molecular formula is C31H38N4O4S. The van der Waals surface area contributed by atoms with Gasteiger partial charge in [-0.2, -0.15) is 0 Å². The van der Waals surface area contributed by atoms with Crippen molar-refractivity contribution in [1.29, 1.82) is 0 Å². The first-order valence-electron chi connectivity index (χ1n) is 14.0. The Labute approximate surface area is 237 Å². The summed E-state index contributed by atoms with van der Waals surface area (Å²) in [5, 5.41) is 2.91. The minimum Gasteiger partial charge on any atom is -0.497 e. The molecule has 40 heavy (non-hydrogen) atoms. The van der Waals surface area contributed by atoms with Crippen molar-refractivity contribution in [1.82, 2.24) is 9.62 Å². The van der Waals surface area contributed by atoms with Gasteiger partial charge in [-0.25, -0.2) is 13.1 Å². The van der Waals surface area contributed by atoms with Crippen LogP contribution in [0.3, 0.4) is 0 Å². The first kappa shape index (κ1) is 28.1. The number of methoxy groups -OCH3 is 1. The van der Waals surface area contributed by atoms with Crippen LogP contribution in [0.25, 0.3) is 0 Å². The van der Waals surface area contributed by atoms with Crippen molar-refractivity contribution in [3.63, 3.8) is 0 Å². The zero-order valence-corrected chi connectivity index (χ0v) is 24.0. The van der Waals surface area contributed by atoms with Crippen LogP contribution in [0.1, 0.15) is 42.5 Å². The molecule has 0 radical (unpaired) electrons. The lowest BCUT2D eigenvalue weighted by atomic mass is 9.88. The van der Waals surface area contributed by atoms with Crippen LogP contribution in [-0.2, 0) is 27.7 Å². The molecule has 0 saturated carbocycles. The molecule has 1 fully saturated rings. The molecule has 3 aromatic carbocycles. The predicted octanol–water partition coefficient (Wildman–Crippen LogP) is 4.37. The summed E-state index contributed by atoms with van der Waals surface area (Å²) in [4.78, 5) is 17.6. The lowest BCUT2D eigenvalue weighted by Gasteiger charge is -2.36. The van der Waals surface area contributed by atoms with E-state index in [1.54, 1.807) is 19.2 Å². The number of anilines is 2. The molecule has 1 atom stereocenters. The Morgan fingerprint density at radius 3 is 2.48 bits per heavy atom. The SMILES string of the molecule is CCN1CCN(c2ccc(NC(=O)Cc3ccc(OC)cc3)cc2S(=O)(=O)N[C@@H]2CCCc3ccccc32)CC1. The summed E-state index contributed by atoms with van der Waals surface area (Å²) < 4.78 is 36.2. The molecule has 1 heterocycles. The van der Waals surface area contributed by atoms with E-state index >= 15 is 0 Å². The maximum absolute atomic E-state index is 14.0. The molecule has 2 aliphatic rings. The highest BCUT2D eigenvalue weighted by molar-refractivity contribution is 7.89. The van der Waals surface area contributed by atoms with E-state index in [4.69, 9.17) is 4.74 Å². The van der Waals surface area contributed by atoms with Crippen LogP contribution in [0.15, 0.2) is 71.6 Å². The summed E-state index contributed by atoms with van der Waals surface area (Å²) in [7, 11) is -2.30. The lowest BCUT2D eigenvalue weighted by molar-refractivity contribution is -0.115. The van der Waals surface area contributed by atoms with E-state index in [0.717, 1.165) is 68.9 Å². The summed E-state index contributed by atoms with van der Waals surface area (Å²) in [5.74, 6) is 0.509. The normalized spacial score (nSPS) is 17.8. The molecule has 9 heteroatoms. The Hall–Kier alpha value is -3.40. The van der Waals surface area contributed by atoms with Gasteiger partial charge in [0.2, 0.25) is 15.9 Å². The number of hydrogen-bond acceptors (Lipinski definition) is 6. The second-order valence-electron chi connectivity index (χ2n) is 10.4. The van der Waals surface area contributed by atoms with Gasteiger partial charge in [0.1, 0.15) is 10.6 Å². The topological polar surface area (TPSA) is 91.0 Å². The molecule has 8 nitrogen and oxygen atoms in total. The Bertz CT molecular complexity index is 1430. The average molecular weight is 563 g/mol. The van der Waals surface area contributed by atoms with Crippen molar-refractivity contribution in [2.75, 3.05) is 50.1 Å². The van der Waals surface area contributed by atoms with E-state index in [-0.39, 0.29) is 23.3 Å².